The average molecular weight is 520 g/mol. The van der Waals surface area contributed by atoms with Gasteiger partial charge in [0.2, 0.25) is 21.8 Å². The number of methoxy groups -OCH3 is 2. The van der Waals surface area contributed by atoms with E-state index in [0.29, 0.717) is 11.5 Å². The van der Waals surface area contributed by atoms with Gasteiger partial charge >= 0.3 is 0 Å². The first-order chi connectivity index (χ1) is 16.7. The number of amides is 2. The van der Waals surface area contributed by atoms with E-state index in [1.165, 1.54) is 12.0 Å². The number of benzene rings is 2. The van der Waals surface area contributed by atoms with Crippen molar-refractivity contribution in [1.29, 1.82) is 0 Å². The quantitative estimate of drug-likeness (QED) is 0.517. The Balaban J connectivity index is 2.47. The summed E-state index contributed by atoms with van der Waals surface area (Å²) in [5.74, 6) is 0.101. The van der Waals surface area contributed by atoms with Gasteiger partial charge in [-0.25, -0.2) is 8.42 Å². The van der Waals surface area contributed by atoms with Gasteiger partial charge in [-0.3, -0.25) is 13.9 Å². The first-order valence-corrected chi connectivity index (χ1v) is 13.4. The maximum atomic E-state index is 13.7. The van der Waals surface area contributed by atoms with Crippen molar-refractivity contribution >= 4 is 27.5 Å². The molecule has 198 valence electrons. The van der Waals surface area contributed by atoms with Crippen LogP contribution in [0.25, 0.3) is 0 Å². The van der Waals surface area contributed by atoms with Gasteiger partial charge in [-0.05, 0) is 70.0 Å². The van der Waals surface area contributed by atoms with Crippen molar-refractivity contribution in [1.82, 2.24) is 10.2 Å². The number of carbonyl (C=O) groups is 2. The van der Waals surface area contributed by atoms with Gasteiger partial charge < -0.3 is 19.7 Å². The lowest BCUT2D eigenvalue weighted by molar-refractivity contribution is -0.140. The van der Waals surface area contributed by atoms with E-state index in [9.17, 15) is 18.0 Å². The fourth-order valence-corrected chi connectivity index (χ4v) is 4.42. The maximum absolute atomic E-state index is 13.7. The molecule has 0 spiro atoms. The molecule has 2 amide bonds. The number of rotatable bonds is 10. The number of ether oxygens (including phenoxy) is 2. The summed E-state index contributed by atoms with van der Waals surface area (Å²) in [6.07, 6.45) is 1.03. The molecule has 2 aromatic rings. The summed E-state index contributed by atoms with van der Waals surface area (Å²) >= 11 is 0. The van der Waals surface area contributed by atoms with Crippen LogP contribution in [0.4, 0.5) is 5.69 Å². The van der Waals surface area contributed by atoms with Crippen LogP contribution in [0, 0.1) is 6.92 Å². The van der Waals surface area contributed by atoms with Crippen LogP contribution in [0.2, 0.25) is 0 Å². The lowest BCUT2D eigenvalue weighted by atomic mass is 10.1. The van der Waals surface area contributed by atoms with Gasteiger partial charge in [-0.15, -0.1) is 0 Å². The Morgan fingerprint density at radius 1 is 1.03 bits per heavy atom. The van der Waals surface area contributed by atoms with Crippen LogP contribution in [-0.4, -0.2) is 63.7 Å². The van der Waals surface area contributed by atoms with E-state index in [1.54, 1.807) is 56.5 Å². The van der Waals surface area contributed by atoms with Gasteiger partial charge in [0, 0.05) is 12.1 Å². The highest BCUT2D eigenvalue weighted by Crippen LogP contribution is 2.31. The molecule has 0 bridgehead atoms. The molecule has 0 aromatic heterocycles. The lowest BCUT2D eigenvalue weighted by Gasteiger charge is -2.33. The second-order valence-electron chi connectivity index (χ2n) is 9.73. The molecule has 36 heavy (non-hydrogen) atoms. The number of sulfonamides is 1. The number of aryl methyl sites for hydroxylation is 1. The number of anilines is 1. The molecular weight excluding hydrogens is 482 g/mol. The molecule has 0 heterocycles. The van der Waals surface area contributed by atoms with Gasteiger partial charge in [0.25, 0.3) is 0 Å². The summed E-state index contributed by atoms with van der Waals surface area (Å²) in [5, 5.41) is 2.89. The van der Waals surface area contributed by atoms with Crippen molar-refractivity contribution in [3.05, 3.63) is 53.6 Å². The van der Waals surface area contributed by atoms with Crippen molar-refractivity contribution in [3.8, 4) is 11.5 Å². The molecule has 0 aliphatic rings. The van der Waals surface area contributed by atoms with Crippen LogP contribution >= 0.6 is 0 Å². The monoisotopic (exact) mass is 519 g/mol. The van der Waals surface area contributed by atoms with Crippen LogP contribution in [0.3, 0.4) is 0 Å². The van der Waals surface area contributed by atoms with E-state index < -0.39 is 34.1 Å². The van der Waals surface area contributed by atoms with Crippen molar-refractivity contribution in [2.24, 2.45) is 0 Å². The number of hydrogen-bond acceptors (Lipinski definition) is 6. The Labute approximate surface area is 214 Å². The second kappa shape index (κ2) is 11.6. The van der Waals surface area contributed by atoms with E-state index in [4.69, 9.17) is 9.47 Å². The fraction of sp³-hybridized carbons (Fsp3) is 0.462. The summed E-state index contributed by atoms with van der Waals surface area (Å²) in [5.41, 5.74) is 1.32. The van der Waals surface area contributed by atoms with Gasteiger partial charge in [0.15, 0.2) is 0 Å². The zero-order valence-corrected chi connectivity index (χ0v) is 23.1. The largest absolute Gasteiger partial charge is 0.497 e. The smallest absolute Gasteiger partial charge is 0.244 e. The molecule has 0 saturated carbocycles. The SMILES string of the molecule is COc1ccc(CN(C(=O)CN(c2cc(C)ccc2OC)S(C)(=O)=O)[C@H](C)C(=O)NC(C)(C)C)cc1. The maximum Gasteiger partial charge on any atom is 0.244 e. The van der Waals surface area contributed by atoms with Gasteiger partial charge in [-0.2, -0.15) is 0 Å². The predicted molar refractivity (Wildman–Crippen MR) is 141 cm³/mol. The van der Waals surface area contributed by atoms with Gasteiger partial charge in [0.05, 0.1) is 26.2 Å². The van der Waals surface area contributed by atoms with Crippen LogP contribution in [0.1, 0.15) is 38.8 Å². The molecule has 1 atom stereocenters. The molecule has 10 heteroatoms. The van der Waals surface area contributed by atoms with E-state index in [2.05, 4.69) is 5.32 Å². The third kappa shape index (κ3) is 7.87. The van der Waals surface area contributed by atoms with Crippen LogP contribution in [0.15, 0.2) is 42.5 Å². The number of nitrogens with one attached hydrogen (secondary N) is 1. The molecule has 9 nitrogen and oxygen atoms in total. The first-order valence-electron chi connectivity index (χ1n) is 11.5. The third-order valence-corrected chi connectivity index (χ3v) is 6.59. The van der Waals surface area contributed by atoms with Crippen LogP contribution in [0.5, 0.6) is 11.5 Å². The minimum Gasteiger partial charge on any atom is -0.497 e. The van der Waals surface area contributed by atoms with Gasteiger partial charge in [0.1, 0.15) is 24.1 Å². The third-order valence-electron chi connectivity index (χ3n) is 5.46. The highest BCUT2D eigenvalue weighted by Gasteiger charge is 2.32. The molecule has 1 N–H and O–H groups in total. The molecule has 0 unspecified atom stereocenters. The second-order valence-corrected chi connectivity index (χ2v) is 11.6. The number of carbonyl (C=O) groups excluding carboxylic acids is 2. The minimum atomic E-state index is -3.86. The zero-order chi connectivity index (χ0) is 27.3. The Hall–Kier alpha value is -3.27. The highest BCUT2D eigenvalue weighted by atomic mass is 32.2. The van der Waals surface area contributed by atoms with E-state index in [1.807, 2.05) is 27.7 Å². The van der Waals surface area contributed by atoms with Crippen molar-refractivity contribution < 1.29 is 27.5 Å². The number of nitrogens with zero attached hydrogens (tertiary/aromatic N) is 2. The Morgan fingerprint density at radius 3 is 2.14 bits per heavy atom. The van der Waals surface area contributed by atoms with E-state index in [0.717, 1.165) is 21.7 Å². The topological polar surface area (TPSA) is 105 Å². The lowest BCUT2D eigenvalue weighted by Crippen LogP contribution is -2.54. The standard InChI is InChI=1S/C26H37N3O6S/c1-18-9-14-23(35-7)22(15-18)29(36(8,32)33)17-24(30)28(19(2)25(31)27-26(3,4)5)16-20-10-12-21(34-6)13-11-20/h9-15,19H,16-17H2,1-8H3,(H,27,31)/t19-/m1/s1. The molecule has 0 saturated heterocycles. The normalized spacial score (nSPS) is 12.4. The number of hydrogen-bond donors (Lipinski definition) is 1. The Bertz CT molecular complexity index is 1170. The minimum absolute atomic E-state index is 0.101. The van der Waals surface area contributed by atoms with Crippen LogP contribution < -0.4 is 19.1 Å². The zero-order valence-electron chi connectivity index (χ0n) is 22.3. The fourth-order valence-electron chi connectivity index (χ4n) is 3.57. The van der Waals surface area contributed by atoms with Gasteiger partial charge in [-0.1, -0.05) is 18.2 Å². The van der Waals surface area contributed by atoms with Crippen molar-refractivity contribution in [2.45, 2.75) is 52.7 Å². The van der Waals surface area contributed by atoms with Crippen LogP contribution in [-0.2, 0) is 26.2 Å². The van der Waals surface area contributed by atoms with E-state index >= 15 is 0 Å². The molecule has 0 fully saturated rings. The Morgan fingerprint density at radius 2 is 1.64 bits per heavy atom. The van der Waals surface area contributed by atoms with E-state index in [-0.39, 0.29) is 18.1 Å². The molecule has 2 aromatic carbocycles. The molecule has 0 aliphatic carbocycles. The summed E-state index contributed by atoms with van der Waals surface area (Å²) < 4.78 is 37.2. The Kier molecular flexibility index (Phi) is 9.37. The first kappa shape index (κ1) is 29.0. The average Bonchev–Trinajstić information content (AvgIpc) is 2.78. The predicted octanol–water partition coefficient (Wildman–Crippen LogP) is 3.11. The molecule has 2 rings (SSSR count). The summed E-state index contributed by atoms with van der Waals surface area (Å²) in [7, 11) is -0.869. The molecule has 0 aliphatic heterocycles. The molecular formula is C26H37N3O6S. The highest BCUT2D eigenvalue weighted by molar-refractivity contribution is 7.92. The summed E-state index contributed by atoms with van der Waals surface area (Å²) in [6, 6.07) is 11.4. The summed E-state index contributed by atoms with van der Waals surface area (Å²) in [6.45, 7) is 8.60. The van der Waals surface area contributed by atoms with Crippen molar-refractivity contribution in [3.63, 3.8) is 0 Å². The summed E-state index contributed by atoms with van der Waals surface area (Å²) in [4.78, 5) is 28.1. The molecule has 0 radical (unpaired) electrons. The van der Waals surface area contributed by atoms with Crippen molar-refractivity contribution in [2.75, 3.05) is 31.3 Å².